The number of rotatable bonds is 10. The van der Waals surface area contributed by atoms with Crippen molar-refractivity contribution in [1.82, 2.24) is 4.90 Å². The van der Waals surface area contributed by atoms with Crippen molar-refractivity contribution in [2.75, 3.05) is 18.5 Å². The van der Waals surface area contributed by atoms with E-state index in [1.807, 2.05) is 73.3 Å². The Morgan fingerprint density at radius 2 is 1.42 bits per heavy atom. The molecule has 1 saturated heterocycles. The second-order valence-electron chi connectivity index (χ2n) is 9.76. The highest BCUT2D eigenvalue weighted by Gasteiger charge is 2.29. The fraction of sp³-hybridized carbons (Fsp3) is 0.229. The monoisotopic (exact) mass is 580 g/mol. The minimum atomic E-state index is -1.10. The van der Waals surface area contributed by atoms with E-state index in [1.54, 1.807) is 42.5 Å². The van der Waals surface area contributed by atoms with E-state index in [4.69, 9.17) is 9.47 Å². The number of hydrogen-bond donors (Lipinski definition) is 2. The van der Waals surface area contributed by atoms with Gasteiger partial charge in [0.15, 0.2) is 0 Å². The van der Waals surface area contributed by atoms with Crippen LogP contribution in [0.1, 0.15) is 53.0 Å². The number of carbonyl (C=O) groups excluding carboxylic acids is 2. The van der Waals surface area contributed by atoms with Crippen LogP contribution in [-0.2, 0) is 11.2 Å². The molecule has 0 saturated carbocycles. The van der Waals surface area contributed by atoms with E-state index in [0.29, 0.717) is 29.4 Å². The fourth-order valence-corrected chi connectivity index (χ4v) is 4.79. The van der Waals surface area contributed by atoms with Crippen molar-refractivity contribution in [3.8, 4) is 17.2 Å². The van der Waals surface area contributed by atoms with Gasteiger partial charge in [0.05, 0.1) is 23.7 Å². The second kappa shape index (κ2) is 15.2. The van der Waals surface area contributed by atoms with E-state index < -0.39 is 5.97 Å². The summed E-state index contributed by atoms with van der Waals surface area (Å²) in [6.45, 7) is 5.16. The third kappa shape index (κ3) is 8.45. The maximum atomic E-state index is 12.9. The Kier molecular flexibility index (Phi) is 10.9. The zero-order chi connectivity index (χ0) is 30.6. The van der Waals surface area contributed by atoms with Crippen molar-refractivity contribution in [3.63, 3.8) is 0 Å². The third-order valence-corrected chi connectivity index (χ3v) is 6.88. The maximum absolute atomic E-state index is 12.9. The zero-order valence-electron chi connectivity index (χ0n) is 24.4. The first-order valence-electron chi connectivity index (χ1n) is 14.4. The van der Waals surface area contributed by atoms with Crippen LogP contribution in [0.5, 0.6) is 17.2 Å². The van der Waals surface area contributed by atoms with Gasteiger partial charge in [-0.2, -0.15) is 0 Å². The lowest BCUT2D eigenvalue weighted by molar-refractivity contribution is -0.115. The van der Waals surface area contributed by atoms with E-state index in [1.165, 1.54) is 6.07 Å². The normalized spacial score (nSPS) is 13.8. The Hall–Kier alpha value is -5.11. The van der Waals surface area contributed by atoms with Gasteiger partial charge in [0.1, 0.15) is 23.9 Å². The van der Waals surface area contributed by atoms with E-state index >= 15 is 0 Å². The summed E-state index contributed by atoms with van der Waals surface area (Å²) in [5.74, 6) is 0.568. The fourth-order valence-electron chi connectivity index (χ4n) is 4.79. The average Bonchev–Trinajstić information content (AvgIpc) is 3.51. The number of carboxylic acid groups (broad SMARTS) is 1. The molecule has 0 unspecified atom stereocenters. The van der Waals surface area contributed by atoms with Gasteiger partial charge < -0.3 is 24.8 Å². The molecule has 8 heteroatoms. The molecular weight excluding hydrogens is 544 g/mol. The number of anilines is 1. The Balaban J connectivity index is 0.00000207. The van der Waals surface area contributed by atoms with Gasteiger partial charge >= 0.3 is 5.97 Å². The van der Waals surface area contributed by atoms with Gasteiger partial charge in [-0.15, -0.1) is 0 Å². The lowest BCUT2D eigenvalue weighted by Gasteiger charge is -2.25. The lowest BCUT2D eigenvalue weighted by atomic mass is 10.1. The molecule has 2 amide bonds. The van der Waals surface area contributed by atoms with Crippen LogP contribution < -0.4 is 14.8 Å². The molecule has 0 spiro atoms. The van der Waals surface area contributed by atoms with Crippen molar-refractivity contribution in [3.05, 3.63) is 120 Å². The number of nitrogens with zero attached hydrogens (tertiary/aromatic N) is 1. The number of amides is 2. The van der Waals surface area contributed by atoms with Gasteiger partial charge in [0.25, 0.3) is 5.91 Å². The van der Waals surface area contributed by atoms with E-state index in [-0.39, 0.29) is 35.5 Å². The number of para-hydroxylation sites is 1. The number of carboxylic acids is 1. The van der Waals surface area contributed by atoms with Crippen LogP contribution in [0.25, 0.3) is 0 Å². The van der Waals surface area contributed by atoms with Crippen molar-refractivity contribution < 1.29 is 29.0 Å². The Morgan fingerprint density at radius 1 is 0.814 bits per heavy atom. The summed E-state index contributed by atoms with van der Waals surface area (Å²) in [5.41, 5.74) is 1.76. The third-order valence-electron chi connectivity index (χ3n) is 6.88. The predicted octanol–water partition coefficient (Wildman–Crippen LogP) is 7.07. The standard InChI is InChI=1S/C33H30N2O6.C2H6/c36-31(34-30-11-5-4-10-29(30)33(38)39)21-23-12-14-27(15-13-23)41-28-18-16-26(17-19-28)40-22-25-9-6-20-35(25)32(37)24-7-2-1-3-8-24;1-2/h1-5,7-8,10-19,25H,6,9,20-22H2,(H,34,36)(H,38,39);1-2H3/t25-;/m1./s1. The first kappa shape index (κ1) is 30.8. The number of ether oxygens (including phenoxy) is 2. The van der Waals surface area contributed by atoms with Crippen LogP contribution in [0.4, 0.5) is 5.69 Å². The summed E-state index contributed by atoms with van der Waals surface area (Å²) < 4.78 is 11.9. The number of nitrogens with one attached hydrogen (secondary N) is 1. The minimum Gasteiger partial charge on any atom is -0.491 e. The first-order valence-corrected chi connectivity index (χ1v) is 14.4. The van der Waals surface area contributed by atoms with Crippen LogP contribution in [0.15, 0.2) is 103 Å². The van der Waals surface area contributed by atoms with Crippen LogP contribution in [-0.4, -0.2) is 47.0 Å². The SMILES string of the molecule is CC.O=C(Cc1ccc(Oc2ccc(OC[C@H]3CCCN3C(=O)c3ccccc3)cc2)cc1)Nc1ccccc1C(=O)O. The highest BCUT2D eigenvalue weighted by molar-refractivity contribution is 6.01. The summed E-state index contributed by atoms with van der Waals surface area (Å²) >= 11 is 0. The van der Waals surface area contributed by atoms with Crippen LogP contribution >= 0.6 is 0 Å². The molecule has 5 rings (SSSR count). The molecule has 222 valence electrons. The van der Waals surface area contributed by atoms with Gasteiger partial charge in [0.2, 0.25) is 5.91 Å². The molecule has 1 heterocycles. The summed E-state index contributed by atoms with van der Waals surface area (Å²) in [4.78, 5) is 38.6. The van der Waals surface area contributed by atoms with Crippen LogP contribution in [0.3, 0.4) is 0 Å². The van der Waals surface area contributed by atoms with Gasteiger partial charge in [-0.1, -0.05) is 56.3 Å². The lowest BCUT2D eigenvalue weighted by Crippen LogP contribution is -2.39. The van der Waals surface area contributed by atoms with Crippen LogP contribution in [0.2, 0.25) is 0 Å². The predicted molar refractivity (Wildman–Crippen MR) is 166 cm³/mol. The second-order valence-corrected chi connectivity index (χ2v) is 9.76. The molecule has 43 heavy (non-hydrogen) atoms. The Bertz CT molecular complexity index is 1500. The number of carbonyl (C=O) groups is 3. The summed E-state index contributed by atoms with van der Waals surface area (Å²) in [7, 11) is 0. The van der Waals surface area contributed by atoms with Gasteiger partial charge in [0, 0.05) is 12.1 Å². The summed E-state index contributed by atoms with van der Waals surface area (Å²) in [6.07, 6.45) is 1.96. The Morgan fingerprint density at radius 3 is 2.09 bits per heavy atom. The minimum absolute atomic E-state index is 0.0335. The van der Waals surface area contributed by atoms with Crippen LogP contribution in [0, 0.1) is 0 Å². The van der Waals surface area contributed by atoms with Crippen molar-refractivity contribution in [2.45, 2.75) is 39.2 Å². The maximum Gasteiger partial charge on any atom is 0.337 e. The van der Waals surface area contributed by atoms with Gasteiger partial charge in [-0.25, -0.2) is 4.79 Å². The first-order chi connectivity index (χ1) is 21.0. The van der Waals surface area contributed by atoms with Crippen molar-refractivity contribution in [2.24, 2.45) is 0 Å². The highest BCUT2D eigenvalue weighted by atomic mass is 16.5. The molecule has 2 N–H and O–H groups in total. The van der Waals surface area contributed by atoms with E-state index in [0.717, 1.165) is 24.9 Å². The largest absolute Gasteiger partial charge is 0.491 e. The molecule has 1 atom stereocenters. The number of likely N-dealkylation sites (tertiary alicyclic amines) is 1. The van der Waals surface area contributed by atoms with Crippen molar-refractivity contribution in [1.29, 1.82) is 0 Å². The topological polar surface area (TPSA) is 105 Å². The summed E-state index contributed by atoms with van der Waals surface area (Å²) in [6, 6.07) is 30.1. The number of aromatic carboxylic acids is 1. The quantitative estimate of drug-likeness (QED) is 0.208. The molecule has 4 aromatic rings. The molecule has 0 aliphatic carbocycles. The van der Waals surface area contributed by atoms with E-state index in [2.05, 4.69) is 5.32 Å². The molecule has 1 aliphatic heterocycles. The zero-order valence-corrected chi connectivity index (χ0v) is 24.4. The molecule has 0 radical (unpaired) electrons. The smallest absolute Gasteiger partial charge is 0.337 e. The highest BCUT2D eigenvalue weighted by Crippen LogP contribution is 2.26. The van der Waals surface area contributed by atoms with Crippen molar-refractivity contribution >= 4 is 23.5 Å². The van der Waals surface area contributed by atoms with Gasteiger partial charge in [-0.05, 0) is 79.1 Å². The number of hydrogen-bond acceptors (Lipinski definition) is 5. The molecule has 1 fully saturated rings. The number of benzene rings is 4. The summed E-state index contributed by atoms with van der Waals surface area (Å²) in [5, 5.41) is 11.9. The molecule has 4 aromatic carbocycles. The average molecular weight is 581 g/mol. The van der Waals surface area contributed by atoms with E-state index in [9.17, 15) is 19.5 Å². The van der Waals surface area contributed by atoms with Gasteiger partial charge in [-0.3, -0.25) is 9.59 Å². The molecule has 0 aromatic heterocycles. The molecule has 8 nitrogen and oxygen atoms in total. The molecular formula is C35H36N2O6. The molecule has 0 bridgehead atoms. The Labute approximate surface area is 251 Å². The molecule has 1 aliphatic rings.